The van der Waals surface area contributed by atoms with Crippen LogP contribution in [0, 0.1) is 5.92 Å². The second-order valence-corrected chi connectivity index (χ2v) is 8.28. The number of aliphatic hydroxyl groups is 1. The molecule has 9 nitrogen and oxygen atoms in total. The van der Waals surface area contributed by atoms with Crippen molar-refractivity contribution in [3.63, 3.8) is 0 Å². The van der Waals surface area contributed by atoms with Crippen LogP contribution in [0.2, 0.25) is 0 Å². The van der Waals surface area contributed by atoms with Gasteiger partial charge in [0.1, 0.15) is 23.4 Å². The summed E-state index contributed by atoms with van der Waals surface area (Å²) in [5.74, 6) is -0.793. The third kappa shape index (κ3) is 7.90. The molecular weight excluding hydrogens is 390 g/mol. The summed E-state index contributed by atoms with van der Waals surface area (Å²) in [5.41, 5.74) is 0.354. The molecule has 0 unspecified atom stereocenters. The first-order valence-electron chi connectivity index (χ1n) is 9.76. The number of rotatable bonds is 8. The normalized spacial score (nSPS) is 13.2. The lowest BCUT2D eigenvalue weighted by Crippen LogP contribution is -2.54. The van der Waals surface area contributed by atoms with Crippen molar-refractivity contribution < 1.29 is 29.0 Å². The molecule has 0 saturated carbocycles. The zero-order chi connectivity index (χ0) is 23.1. The Kier molecular flexibility index (Phi) is 9.10. The number of methoxy groups -OCH3 is 1. The molecule has 0 saturated heterocycles. The second-order valence-electron chi connectivity index (χ2n) is 8.28. The number of ether oxygens (including phenoxy) is 2. The summed E-state index contributed by atoms with van der Waals surface area (Å²) in [7, 11) is 1.45. The maximum absolute atomic E-state index is 12.6. The first-order valence-corrected chi connectivity index (χ1v) is 9.76. The molecule has 0 aliphatic carbocycles. The van der Waals surface area contributed by atoms with Crippen LogP contribution < -0.4 is 20.7 Å². The number of amides is 3. The average Bonchev–Trinajstić information content (AvgIpc) is 2.64. The zero-order valence-corrected chi connectivity index (χ0v) is 18.7. The number of aliphatic hydroxyl groups excluding tert-OH is 1. The smallest absolute Gasteiger partial charge is 0.408 e. The third-order valence-corrected chi connectivity index (χ3v) is 4.08. The molecule has 0 radical (unpaired) electrons. The summed E-state index contributed by atoms with van der Waals surface area (Å²) in [4.78, 5) is 37.2. The van der Waals surface area contributed by atoms with E-state index >= 15 is 0 Å². The van der Waals surface area contributed by atoms with E-state index in [2.05, 4.69) is 16.0 Å². The Labute approximate surface area is 177 Å². The van der Waals surface area contributed by atoms with Crippen molar-refractivity contribution >= 4 is 23.6 Å². The fourth-order valence-corrected chi connectivity index (χ4v) is 2.52. The van der Waals surface area contributed by atoms with Gasteiger partial charge in [-0.1, -0.05) is 19.9 Å². The highest BCUT2D eigenvalue weighted by Gasteiger charge is 2.29. The molecule has 1 aromatic rings. The molecule has 0 fully saturated rings. The van der Waals surface area contributed by atoms with Crippen LogP contribution in [0.3, 0.4) is 0 Å². The van der Waals surface area contributed by atoms with Crippen LogP contribution in [0.4, 0.5) is 10.5 Å². The van der Waals surface area contributed by atoms with Gasteiger partial charge >= 0.3 is 6.09 Å². The van der Waals surface area contributed by atoms with Crippen molar-refractivity contribution in [2.45, 2.75) is 65.8 Å². The number of benzene rings is 1. The molecule has 0 aromatic heterocycles. The minimum absolute atomic E-state index is 0.154. The summed E-state index contributed by atoms with van der Waals surface area (Å²) in [5, 5.41) is 17.1. The highest BCUT2D eigenvalue weighted by atomic mass is 16.6. The van der Waals surface area contributed by atoms with Crippen LogP contribution in [-0.2, 0) is 20.9 Å². The summed E-state index contributed by atoms with van der Waals surface area (Å²) < 4.78 is 10.4. The van der Waals surface area contributed by atoms with Crippen LogP contribution in [0.5, 0.6) is 5.75 Å². The van der Waals surface area contributed by atoms with Gasteiger partial charge in [-0.25, -0.2) is 4.79 Å². The Bertz CT molecular complexity index is 758. The van der Waals surface area contributed by atoms with Crippen LogP contribution in [0.25, 0.3) is 0 Å². The Balaban J connectivity index is 2.78. The maximum Gasteiger partial charge on any atom is 0.408 e. The highest BCUT2D eigenvalue weighted by Crippen LogP contribution is 2.25. The number of alkyl carbamates (subject to hydrolysis) is 1. The molecule has 1 aromatic carbocycles. The molecule has 168 valence electrons. The number of nitrogens with one attached hydrogen (secondary N) is 3. The second kappa shape index (κ2) is 10.8. The fraction of sp³-hybridized carbons (Fsp3) is 0.571. The van der Waals surface area contributed by atoms with Crippen LogP contribution in [0.15, 0.2) is 18.2 Å². The number of anilines is 1. The van der Waals surface area contributed by atoms with Gasteiger partial charge in [-0.3, -0.25) is 9.59 Å². The first kappa shape index (κ1) is 25.2. The molecule has 0 heterocycles. The maximum atomic E-state index is 12.6. The van der Waals surface area contributed by atoms with E-state index in [1.54, 1.807) is 52.8 Å². The largest absolute Gasteiger partial charge is 0.495 e. The number of hydrogen-bond donors (Lipinski definition) is 4. The van der Waals surface area contributed by atoms with Gasteiger partial charge in [0, 0.05) is 0 Å². The summed E-state index contributed by atoms with van der Waals surface area (Å²) in [6.07, 6.45) is -0.706. The van der Waals surface area contributed by atoms with Crippen molar-refractivity contribution in [2.75, 3.05) is 12.4 Å². The van der Waals surface area contributed by atoms with Gasteiger partial charge < -0.3 is 30.5 Å². The van der Waals surface area contributed by atoms with E-state index < -0.39 is 35.6 Å². The van der Waals surface area contributed by atoms with Gasteiger partial charge in [-0.15, -0.1) is 0 Å². The van der Waals surface area contributed by atoms with E-state index in [-0.39, 0.29) is 12.5 Å². The lowest BCUT2D eigenvalue weighted by Gasteiger charge is -2.26. The Morgan fingerprint density at radius 1 is 1.07 bits per heavy atom. The first-order chi connectivity index (χ1) is 13.9. The topological polar surface area (TPSA) is 126 Å². The summed E-state index contributed by atoms with van der Waals surface area (Å²) >= 11 is 0. The number of carbonyl (C=O) groups is 3. The lowest BCUT2D eigenvalue weighted by atomic mass is 10.0. The van der Waals surface area contributed by atoms with E-state index in [1.165, 1.54) is 14.0 Å². The average molecular weight is 424 g/mol. The molecule has 1 rings (SSSR count). The molecule has 9 heteroatoms. The number of hydrogen-bond acceptors (Lipinski definition) is 6. The van der Waals surface area contributed by atoms with Crippen molar-refractivity contribution in [3.05, 3.63) is 23.8 Å². The van der Waals surface area contributed by atoms with E-state index in [0.29, 0.717) is 17.0 Å². The van der Waals surface area contributed by atoms with E-state index in [4.69, 9.17) is 9.47 Å². The molecule has 30 heavy (non-hydrogen) atoms. The van der Waals surface area contributed by atoms with Crippen LogP contribution in [-0.4, -0.2) is 47.8 Å². The van der Waals surface area contributed by atoms with Gasteiger partial charge in [-0.05, 0) is 51.3 Å². The monoisotopic (exact) mass is 423 g/mol. The lowest BCUT2D eigenvalue weighted by molar-refractivity contribution is -0.128. The quantitative estimate of drug-likeness (QED) is 0.508. The fourth-order valence-electron chi connectivity index (χ4n) is 2.52. The van der Waals surface area contributed by atoms with Gasteiger partial charge in [0.2, 0.25) is 11.8 Å². The van der Waals surface area contributed by atoms with Gasteiger partial charge in [-0.2, -0.15) is 0 Å². The number of carbonyl (C=O) groups excluding carboxylic acids is 3. The van der Waals surface area contributed by atoms with Gasteiger partial charge in [0.15, 0.2) is 0 Å². The molecule has 0 bridgehead atoms. The Morgan fingerprint density at radius 3 is 2.20 bits per heavy atom. The molecule has 4 N–H and O–H groups in total. The van der Waals surface area contributed by atoms with Crippen LogP contribution >= 0.6 is 0 Å². The summed E-state index contributed by atoms with van der Waals surface area (Å²) in [6, 6.07) is 3.13. The van der Waals surface area contributed by atoms with Crippen molar-refractivity contribution in [1.82, 2.24) is 10.6 Å². The van der Waals surface area contributed by atoms with Crippen LogP contribution in [0.1, 0.15) is 47.1 Å². The standard InChI is InChI=1S/C21H33N3O6/c1-12(2)17(24-20(28)30-21(4,5)6)19(27)22-13(3)18(26)23-15-9-8-14(11-25)10-16(15)29-7/h8-10,12-13,17,25H,11H2,1-7H3,(H,22,27)(H,23,26)(H,24,28)/t13-,17-/m0/s1. The van der Waals surface area contributed by atoms with Crippen molar-refractivity contribution in [1.29, 1.82) is 0 Å². The molecule has 0 aliphatic rings. The molecule has 2 atom stereocenters. The Hall–Kier alpha value is -2.81. The highest BCUT2D eigenvalue weighted by molar-refractivity contribution is 5.99. The van der Waals surface area contributed by atoms with Gasteiger partial charge in [0.25, 0.3) is 0 Å². The molecule has 0 spiro atoms. The Morgan fingerprint density at radius 2 is 1.70 bits per heavy atom. The third-order valence-electron chi connectivity index (χ3n) is 4.08. The van der Waals surface area contributed by atoms with E-state index in [9.17, 15) is 19.5 Å². The van der Waals surface area contributed by atoms with Crippen molar-refractivity contribution in [2.24, 2.45) is 5.92 Å². The predicted molar refractivity (Wildman–Crippen MR) is 113 cm³/mol. The van der Waals surface area contributed by atoms with Crippen molar-refractivity contribution in [3.8, 4) is 5.75 Å². The summed E-state index contributed by atoms with van der Waals surface area (Å²) in [6.45, 7) is 10.1. The molecule has 3 amide bonds. The van der Waals surface area contributed by atoms with Gasteiger partial charge in [0.05, 0.1) is 19.4 Å². The van der Waals surface area contributed by atoms with E-state index in [0.717, 1.165) is 0 Å². The zero-order valence-electron chi connectivity index (χ0n) is 18.7. The minimum Gasteiger partial charge on any atom is -0.495 e. The predicted octanol–water partition coefficient (Wildman–Crippen LogP) is 2.18. The SMILES string of the molecule is COc1cc(CO)ccc1NC(=O)[C@H](C)NC(=O)[C@@H](NC(=O)OC(C)(C)C)C(C)C. The molecular formula is C21H33N3O6. The van der Waals surface area contributed by atoms with E-state index in [1.807, 2.05) is 0 Å². The minimum atomic E-state index is -0.874. The molecule has 0 aliphatic heterocycles.